The standard InChI is InChI=1S/C17H21N3OS/c1-3-17-18-13(2)16(19-17)11-20(9-14-6-8-22-12-14)10-15-5-4-7-21-15/h4-8,12H,3,9-11H2,1-2H3,(H,18,19). The van der Waals surface area contributed by atoms with Gasteiger partial charge in [0.1, 0.15) is 11.6 Å². The van der Waals surface area contributed by atoms with Gasteiger partial charge in [0.05, 0.1) is 18.5 Å². The molecule has 0 aromatic carbocycles. The van der Waals surface area contributed by atoms with Gasteiger partial charge < -0.3 is 9.40 Å². The average Bonchev–Trinajstić information content (AvgIpc) is 3.23. The fraction of sp³-hybridized carbons (Fsp3) is 0.353. The van der Waals surface area contributed by atoms with Crippen molar-refractivity contribution in [3.05, 3.63) is 63.8 Å². The van der Waals surface area contributed by atoms with Crippen LogP contribution < -0.4 is 0 Å². The molecule has 4 nitrogen and oxygen atoms in total. The number of H-pyrrole nitrogens is 1. The first-order valence-electron chi connectivity index (χ1n) is 7.54. The first-order chi connectivity index (χ1) is 10.7. The van der Waals surface area contributed by atoms with E-state index < -0.39 is 0 Å². The van der Waals surface area contributed by atoms with Crippen LogP contribution in [0.2, 0.25) is 0 Å². The lowest BCUT2D eigenvalue weighted by Crippen LogP contribution is -2.22. The molecule has 3 aromatic rings. The number of hydrogen-bond acceptors (Lipinski definition) is 4. The van der Waals surface area contributed by atoms with Crippen LogP contribution in [0.1, 0.15) is 35.5 Å². The minimum absolute atomic E-state index is 0.788. The van der Waals surface area contributed by atoms with E-state index in [4.69, 9.17) is 9.40 Å². The summed E-state index contributed by atoms with van der Waals surface area (Å²) in [5.41, 5.74) is 3.62. The number of aryl methyl sites for hydroxylation is 2. The second-order valence-corrected chi connectivity index (χ2v) is 6.24. The topological polar surface area (TPSA) is 45.1 Å². The number of imidazole rings is 1. The van der Waals surface area contributed by atoms with Crippen molar-refractivity contribution in [2.75, 3.05) is 0 Å². The third-order valence-corrected chi connectivity index (χ3v) is 4.42. The number of hydrogen-bond donors (Lipinski definition) is 1. The summed E-state index contributed by atoms with van der Waals surface area (Å²) in [6.45, 7) is 6.72. The Morgan fingerprint density at radius 1 is 1.27 bits per heavy atom. The summed E-state index contributed by atoms with van der Waals surface area (Å²) in [4.78, 5) is 10.4. The quantitative estimate of drug-likeness (QED) is 0.713. The second kappa shape index (κ2) is 6.94. The summed E-state index contributed by atoms with van der Waals surface area (Å²) in [7, 11) is 0. The van der Waals surface area contributed by atoms with Crippen molar-refractivity contribution in [3.63, 3.8) is 0 Å². The zero-order valence-electron chi connectivity index (χ0n) is 13.0. The van der Waals surface area contributed by atoms with E-state index in [1.54, 1.807) is 17.6 Å². The van der Waals surface area contributed by atoms with Crippen LogP contribution in [0.4, 0.5) is 0 Å². The van der Waals surface area contributed by atoms with Crippen molar-refractivity contribution < 1.29 is 4.42 Å². The van der Waals surface area contributed by atoms with Gasteiger partial charge in [0.2, 0.25) is 0 Å². The van der Waals surface area contributed by atoms with E-state index in [0.717, 1.165) is 49.0 Å². The number of aromatic amines is 1. The maximum Gasteiger partial charge on any atom is 0.117 e. The minimum atomic E-state index is 0.788. The highest BCUT2D eigenvalue weighted by molar-refractivity contribution is 7.07. The normalized spacial score (nSPS) is 11.4. The van der Waals surface area contributed by atoms with Crippen molar-refractivity contribution in [2.45, 2.75) is 39.9 Å². The van der Waals surface area contributed by atoms with Gasteiger partial charge in [0.25, 0.3) is 0 Å². The van der Waals surface area contributed by atoms with Gasteiger partial charge in [-0.05, 0) is 41.4 Å². The van der Waals surface area contributed by atoms with Crippen LogP contribution in [0.3, 0.4) is 0 Å². The number of aromatic nitrogens is 2. The van der Waals surface area contributed by atoms with Crippen molar-refractivity contribution in [1.29, 1.82) is 0 Å². The molecule has 0 atom stereocenters. The minimum Gasteiger partial charge on any atom is -0.468 e. The highest BCUT2D eigenvalue weighted by Gasteiger charge is 2.14. The molecular formula is C17H21N3OS. The lowest BCUT2D eigenvalue weighted by molar-refractivity contribution is 0.224. The molecule has 1 N–H and O–H groups in total. The molecule has 0 aliphatic heterocycles. The predicted molar refractivity (Wildman–Crippen MR) is 88.7 cm³/mol. The number of furan rings is 1. The summed E-state index contributed by atoms with van der Waals surface area (Å²) in [5, 5.41) is 4.32. The Balaban J connectivity index is 1.76. The molecule has 3 rings (SSSR count). The molecule has 116 valence electrons. The molecule has 22 heavy (non-hydrogen) atoms. The summed E-state index contributed by atoms with van der Waals surface area (Å²) in [6.07, 6.45) is 2.66. The molecule has 0 unspecified atom stereocenters. The molecular weight excluding hydrogens is 294 g/mol. The van der Waals surface area contributed by atoms with Gasteiger partial charge in [-0.15, -0.1) is 0 Å². The van der Waals surface area contributed by atoms with Crippen LogP contribution in [-0.2, 0) is 26.1 Å². The molecule has 0 aliphatic rings. The fourth-order valence-electron chi connectivity index (χ4n) is 2.53. The third kappa shape index (κ3) is 3.67. The van der Waals surface area contributed by atoms with Gasteiger partial charge in [-0.3, -0.25) is 4.90 Å². The molecule has 0 amide bonds. The molecule has 3 aromatic heterocycles. The molecule has 0 aliphatic carbocycles. The largest absolute Gasteiger partial charge is 0.468 e. The Morgan fingerprint density at radius 3 is 2.82 bits per heavy atom. The van der Waals surface area contributed by atoms with E-state index in [2.05, 4.69) is 40.6 Å². The van der Waals surface area contributed by atoms with Gasteiger partial charge in [-0.2, -0.15) is 11.3 Å². The Labute approximate surface area is 134 Å². The van der Waals surface area contributed by atoms with Crippen LogP contribution in [-0.4, -0.2) is 14.9 Å². The SMILES string of the molecule is CCc1nc(CN(Cc2ccsc2)Cc2ccco2)c(C)[nH]1. The van der Waals surface area contributed by atoms with E-state index in [1.807, 2.05) is 12.1 Å². The summed E-state index contributed by atoms with van der Waals surface area (Å²) >= 11 is 1.73. The van der Waals surface area contributed by atoms with Gasteiger partial charge in [0.15, 0.2) is 0 Å². The smallest absolute Gasteiger partial charge is 0.117 e. The van der Waals surface area contributed by atoms with Crippen molar-refractivity contribution in [2.24, 2.45) is 0 Å². The molecule has 3 heterocycles. The Morgan fingerprint density at radius 2 is 2.18 bits per heavy atom. The van der Waals surface area contributed by atoms with Gasteiger partial charge in [-0.25, -0.2) is 4.98 Å². The summed E-state index contributed by atoms with van der Waals surface area (Å²) < 4.78 is 5.51. The van der Waals surface area contributed by atoms with E-state index in [9.17, 15) is 0 Å². The summed E-state index contributed by atoms with van der Waals surface area (Å²) in [6, 6.07) is 6.14. The molecule has 0 fully saturated rings. The molecule has 0 bridgehead atoms. The lowest BCUT2D eigenvalue weighted by Gasteiger charge is -2.20. The third-order valence-electron chi connectivity index (χ3n) is 3.69. The number of nitrogens with one attached hydrogen (secondary N) is 1. The van der Waals surface area contributed by atoms with Crippen LogP contribution in [0.15, 0.2) is 39.6 Å². The Hall–Kier alpha value is -1.85. The van der Waals surface area contributed by atoms with E-state index in [0.29, 0.717) is 0 Å². The number of rotatable bonds is 7. The zero-order valence-corrected chi connectivity index (χ0v) is 13.8. The molecule has 5 heteroatoms. The fourth-order valence-corrected chi connectivity index (χ4v) is 3.19. The Bertz CT molecular complexity index is 649. The van der Waals surface area contributed by atoms with Crippen LogP contribution in [0.25, 0.3) is 0 Å². The predicted octanol–water partition coefficient (Wildman–Crippen LogP) is 4.14. The van der Waals surface area contributed by atoms with Gasteiger partial charge in [0, 0.05) is 25.2 Å². The summed E-state index contributed by atoms with van der Waals surface area (Å²) in [5.74, 6) is 2.04. The first-order valence-corrected chi connectivity index (χ1v) is 8.49. The van der Waals surface area contributed by atoms with E-state index >= 15 is 0 Å². The van der Waals surface area contributed by atoms with Crippen molar-refractivity contribution in [1.82, 2.24) is 14.9 Å². The van der Waals surface area contributed by atoms with E-state index in [-0.39, 0.29) is 0 Å². The lowest BCUT2D eigenvalue weighted by atomic mass is 10.2. The second-order valence-electron chi connectivity index (χ2n) is 5.46. The maximum atomic E-state index is 5.51. The molecule has 0 saturated carbocycles. The van der Waals surface area contributed by atoms with Crippen molar-refractivity contribution >= 4 is 11.3 Å². The van der Waals surface area contributed by atoms with Crippen LogP contribution in [0, 0.1) is 6.92 Å². The van der Waals surface area contributed by atoms with Gasteiger partial charge in [-0.1, -0.05) is 6.92 Å². The molecule has 0 spiro atoms. The highest BCUT2D eigenvalue weighted by atomic mass is 32.1. The van der Waals surface area contributed by atoms with Crippen LogP contribution >= 0.6 is 11.3 Å². The zero-order chi connectivity index (χ0) is 15.4. The first kappa shape index (κ1) is 15.1. The van der Waals surface area contributed by atoms with Crippen molar-refractivity contribution in [3.8, 4) is 0 Å². The van der Waals surface area contributed by atoms with E-state index in [1.165, 1.54) is 5.56 Å². The highest BCUT2D eigenvalue weighted by Crippen LogP contribution is 2.17. The average molecular weight is 315 g/mol. The van der Waals surface area contributed by atoms with Gasteiger partial charge >= 0.3 is 0 Å². The molecule has 0 radical (unpaired) electrons. The monoisotopic (exact) mass is 315 g/mol. The number of nitrogens with zero attached hydrogens (tertiary/aromatic N) is 2. The number of thiophene rings is 1. The Kier molecular flexibility index (Phi) is 4.75. The maximum absolute atomic E-state index is 5.51. The molecule has 0 saturated heterocycles. The van der Waals surface area contributed by atoms with Crippen LogP contribution in [0.5, 0.6) is 0 Å².